The van der Waals surface area contributed by atoms with Crippen LogP contribution in [0.4, 0.5) is 19.3 Å². The molecule has 1 aliphatic heterocycles. The summed E-state index contributed by atoms with van der Waals surface area (Å²) in [5, 5.41) is 5.30. The van der Waals surface area contributed by atoms with E-state index >= 15 is 0 Å². The molecule has 27 heavy (non-hydrogen) atoms. The third kappa shape index (κ3) is 5.77. The number of urea groups is 1. The van der Waals surface area contributed by atoms with Gasteiger partial charge in [0.05, 0.1) is 11.4 Å². The van der Waals surface area contributed by atoms with Crippen LogP contribution in [-0.4, -0.2) is 63.3 Å². The van der Waals surface area contributed by atoms with Gasteiger partial charge in [-0.3, -0.25) is 0 Å². The predicted octanol–water partition coefficient (Wildman–Crippen LogP) is 1.51. The Kier molecular flexibility index (Phi) is 7.37. The smallest absolute Gasteiger partial charge is 0.315 e. The van der Waals surface area contributed by atoms with Crippen LogP contribution in [0.5, 0.6) is 0 Å². The van der Waals surface area contributed by atoms with Gasteiger partial charge >= 0.3 is 6.03 Å². The van der Waals surface area contributed by atoms with Crippen LogP contribution in [0, 0.1) is 11.6 Å². The molecule has 1 aromatic rings. The molecule has 2 amide bonds. The first-order valence-corrected chi connectivity index (χ1v) is 10.6. The van der Waals surface area contributed by atoms with Gasteiger partial charge in [0.25, 0.3) is 0 Å². The Bertz CT molecular complexity index is 757. The van der Waals surface area contributed by atoms with E-state index in [0.717, 1.165) is 6.07 Å². The van der Waals surface area contributed by atoms with E-state index in [-0.39, 0.29) is 18.3 Å². The van der Waals surface area contributed by atoms with Crippen molar-refractivity contribution in [1.29, 1.82) is 0 Å². The zero-order chi connectivity index (χ0) is 20.0. The van der Waals surface area contributed by atoms with E-state index in [1.54, 1.807) is 18.7 Å². The molecule has 1 fully saturated rings. The molecular formula is C17H26F2N4O3S. The second-order valence-electron chi connectivity index (χ2n) is 6.33. The van der Waals surface area contributed by atoms with Crippen molar-refractivity contribution < 1.29 is 22.0 Å². The summed E-state index contributed by atoms with van der Waals surface area (Å²) < 4.78 is 52.3. The monoisotopic (exact) mass is 404 g/mol. The second-order valence-corrected chi connectivity index (χ2v) is 8.42. The van der Waals surface area contributed by atoms with Gasteiger partial charge in [-0.05, 0) is 18.6 Å². The molecule has 10 heteroatoms. The molecule has 2 rings (SSSR count). The minimum Gasteiger partial charge on any atom is -0.367 e. The van der Waals surface area contributed by atoms with E-state index in [1.165, 1.54) is 16.4 Å². The number of carbonyl (C=O) groups excluding carboxylic acids is 1. The molecule has 1 atom stereocenters. The third-order valence-corrected chi connectivity index (χ3v) is 6.54. The van der Waals surface area contributed by atoms with Crippen molar-refractivity contribution in [2.24, 2.45) is 0 Å². The lowest BCUT2D eigenvalue weighted by molar-refractivity contribution is 0.238. The van der Waals surface area contributed by atoms with E-state index < -0.39 is 27.7 Å². The first-order chi connectivity index (χ1) is 12.8. The molecule has 0 bridgehead atoms. The first kappa shape index (κ1) is 21.4. The Morgan fingerprint density at radius 3 is 2.63 bits per heavy atom. The molecule has 0 spiro atoms. The number of anilines is 1. The molecule has 0 aliphatic carbocycles. The highest BCUT2D eigenvalue weighted by Gasteiger charge is 2.26. The average molecular weight is 404 g/mol. The Morgan fingerprint density at radius 2 is 2.00 bits per heavy atom. The quantitative estimate of drug-likeness (QED) is 0.688. The summed E-state index contributed by atoms with van der Waals surface area (Å²) in [5.74, 6) is -1.44. The Labute approximate surface area is 158 Å². The van der Waals surface area contributed by atoms with Crippen molar-refractivity contribution in [1.82, 2.24) is 14.9 Å². The molecule has 1 heterocycles. The maximum Gasteiger partial charge on any atom is 0.315 e. The minimum atomic E-state index is -3.39. The highest BCUT2D eigenvalue weighted by atomic mass is 32.2. The molecule has 7 nitrogen and oxygen atoms in total. The van der Waals surface area contributed by atoms with Gasteiger partial charge in [0, 0.05) is 44.8 Å². The summed E-state index contributed by atoms with van der Waals surface area (Å²) >= 11 is 0. The molecule has 1 aliphatic rings. The number of carbonyl (C=O) groups is 1. The molecular weight excluding hydrogens is 378 g/mol. The van der Waals surface area contributed by atoms with Crippen LogP contribution in [0.25, 0.3) is 0 Å². The largest absolute Gasteiger partial charge is 0.367 e. The molecule has 0 radical (unpaired) electrons. The molecule has 152 valence electrons. The standard InChI is InChI=1S/C17H26F2N4O3S/c1-3-23(4-2)27(25,26)10-8-20-17(24)21-14-7-9-22(12-14)16-6-5-13(18)11-15(16)19/h5-6,11,14H,3-4,7-10,12H2,1-2H3,(H2,20,21,24). The van der Waals surface area contributed by atoms with Crippen molar-refractivity contribution in [2.45, 2.75) is 26.3 Å². The number of nitrogens with one attached hydrogen (secondary N) is 2. The van der Waals surface area contributed by atoms with E-state index in [0.29, 0.717) is 38.3 Å². The van der Waals surface area contributed by atoms with Crippen LogP contribution in [0.1, 0.15) is 20.3 Å². The number of hydrogen-bond donors (Lipinski definition) is 2. The van der Waals surface area contributed by atoms with E-state index in [1.807, 2.05) is 0 Å². The lowest BCUT2D eigenvalue weighted by Crippen LogP contribution is -2.45. The van der Waals surface area contributed by atoms with Gasteiger partial charge in [-0.25, -0.2) is 26.3 Å². The van der Waals surface area contributed by atoms with Crippen LogP contribution in [-0.2, 0) is 10.0 Å². The van der Waals surface area contributed by atoms with Crippen molar-refractivity contribution in [3.63, 3.8) is 0 Å². The summed E-state index contributed by atoms with van der Waals surface area (Å²) in [6.45, 7) is 5.24. The number of amides is 2. The lowest BCUT2D eigenvalue weighted by Gasteiger charge is -2.20. The van der Waals surface area contributed by atoms with Crippen molar-refractivity contribution in [3.05, 3.63) is 29.8 Å². The summed E-state index contributed by atoms with van der Waals surface area (Å²) in [4.78, 5) is 13.7. The molecule has 1 saturated heterocycles. The highest BCUT2D eigenvalue weighted by molar-refractivity contribution is 7.89. The number of nitrogens with zero attached hydrogens (tertiary/aromatic N) is 2. The first-order valence-electron chi connectivity index (χ1n) is 8.99. The van der Waals surface area contributed by atoms with Gasteiger partial charge in [0.2, 0.25) is 10.0 Å². The van der Waals surface area contributed by atoms with Crippen molar-refractivity contribution >= 4 is 21.7 Å². The van der Waals surface area contributed by atoms with Crippen LogP contribution in [0.2, 0.25) is 0 Å². The van der Waals surface area contributed by atoms with Gasteiger partial charge in [-0.15, -0.1) is 0 Å². The number of sulfonamides is 1. The summed E-state index contributed by atoms with van der Waals surface area (Å²) in [5.41, 5.74) is 0.298. The van der Waals surface area contributed by atoms with Gasteiger partial charge in [-0.1, -0.05) is 13.8 Å². The molecule has 0 saturated carbocycles. The zero-order valence-corrected chi connectivity index (χ0v) is 16.4. The Morgan fingerprint density at radius 1 is 1.30 bits per heavy atom. The molecule has 2 N–H and O–H groups in total. The third-order valence-electron chi connectivity index (χ3n) is 4.52. The van der Waals surface area contributed by atoms with Crippen LogP contribution in [0.3, 0.4) is 0 Å². The SMILES string of the molecule is CCN(CC)S(=O)(=O)CCNC(=O)NC1CCN(c2ccc(F)cc2F)C1. The number of benzene rings is 1. The van der Waals surface area contributed by atoms with Crippen LogP contribution < -0.4 is 15.5 Å². The fourth-order valence-corrected chi connectivity index (χ4v) is 4.52. The van der Waals surface area contributed by atoms with Gasteiger partial charge in [0.15, 0.2) is 0 Å². The zero-order valence-electron chi connectivity index (χ0n) is 15.5. The fraction of sp³-hybridized carbons (Fsp3) is 0.588. The molecule has 0 aromatic heterocycles. The van der Waals surface area contributed by atoms with Gasteiger partial charge in [0.1, 0.15) is 11.6 Å². The van der Waals surface area contributed by atoms with Gasteiger partial charge in [-0.2, -0.15) is 0 Å². The van der Waals surface area contributed by atoms with E-state index in [9.17, 15) is 22.0 Å². The number of hydrogen-bond acceptors (Lipinski definition) is 4. The van der Waals surface area contributed by atoms with E-state index in [4.69, 9.17) is 0 Å². The van der Waals surface area contributed by atoms with Gasteiger partial charge < -0.3 is 15.5 Å². The Balaban J connectivity index is 1.79. The average Bonchev–Trinajstić information content (AvgIpc) is 3.03. The Hall–Kier alpha value is -1.94. The summed E-state index contributed by atoms with van der Waals surface area (Å²) in [7, 11) is -3.39. The predicted molar refractivity (Wildman–Crippen MR) is 100 cm³/mol. The maximum absolute atomic E-state index is 13.9. The van der Waals surface area contributed by atoms with Crippen LogP contribution in [0.15, 0.2) is 18.2 Å². The number of rotatable bonds is 8. The summed E-state index contributed by atoms with van der Waals surface area (Å²) in [6.07, 6.45) is 0.613. The summed E-state index contributed by atoms with van der Waals surface area (Å²) in [6, 6.07) is 2.75. The fourth-order valence-electron chi connectivity index (χ4n) is 3.11. The highest BCUT2D eigenvalue weighted by Crippen LogP contribution is 2.24. The van der Waals surface area contributed by atoms with E-state index in [2.05, 4.69) is 10.6 Å². The van der Waals surface area contributed by atoms with Crippen molar-refractivity contribution in [3.8, 4) is 0 Å². The topological polar surface area (TPSA) is 81.8 Å². The van der Waals surface area contributed by atoms with Crippen molar-refractivity contribution in [2.75, 3.05) is 43.4 Å². The minimum absolute atomic E-state index is 0.00763. The second kappa shape index (κ2) is 9.32. The van der Waals surface area contributed by atoms with Crippen LogP contribution >= 0.6 is 0 Å². The normalized spacial score (nSPS) is 17.4. The maximum atomic E-state index is 13.9. The molecule has 1 aromatic carbocycles. The lowest BCUT2D eigenvalue weighted by atomic mass is 10.2. The molecule has 1 unspecified atom stereocenters. The number of halogens is 2.